The van der Waals surface area contributed by atoms with Crippen LogP contribution in [0.25, 0.3) is 11.6 Å². The number of hydrogen-bond donors (Lipinski definition) is 0. The standard InChI is InChI=1S/C25H31NO/c1-2-8-21(9-3-1)20-25(22-10-4-5-11-22)23-12-14-24(15-13-23)27-19-18-26-16-6-7-17-26/h1-3,8-9,12-15,20,22H,4-7,10-11,16-19H2/b25-20-. The van der Waals surface area contributed by atoms with Crippen LogP contribution < -0.4 is 4.74 Å². The number of likely N-dealkylation sites (tertiary alicyclic amines) is 1. The minimum Gasteiger partial charge on any atom is -0.492 e. The van der Waals surface area contributed by atoms with Gasteiger partial charge in [0, 0.05) is 6.54 Å². The van der Waals surface area contributed by atoms with E-state index >= 15 is 0 Å². The van der Waals surface area contributed by atoms with Gasteiger partial charge in [0.05, 0.1) is 0 Å². The van der Waals surface area contributed by atoms with E-state index in [2.05, 4.69) is 65.6 Å². The van der Waals surface area contributed by atoms with E-state index in [1.807, 2.05) is 0 Å². The molecular formula is C25H31NO. The third-order valence-electron chi connectivity index (χ3n) is 5.98. The summed E-state index contributed by atoms with van der Waals surface area (Å²) in [6.07, 6.45) is 10.4. The van der Waals surface area contributed by atoms with E-state index in [4.69, 9.17) is 4.74 Å². The Kier molecular flexibility index (Phi) is 6.26. The molecule has 0 spiro atoms. The molecule has 2 aliphatic rings. The van der Waals surface area contributed by atoms with Crippen LogP contribution >= 0.6 is 0 Å². The maximum absolute atomic E-state index is 5.99. The average Bonchev–Trinajstić information content (AvgIpc) is 3.42. The maximum Gasteiger partial charge on any atom is 0.119 e. The van der Waals surface area contributed by atoms with Crippen LogP contribution in [0, 0.1) is 5.92 Å². The fourth-order valence-electron chi connectivity index (χ4n) is 4.44. The molecule has 0 aromatic heterocycles. The first-order chi connectivity index (χ1) is 13.4. The van der Waals surface area contributed by atoms with Gasteiger partial charge < -0.3 is 4.74 Å². The molecule has 1 aliphatic carbocycles. The topological polar surface area (TPSA) is 12.5 Å². The normalized spacial score (nSPS) is 18.9. The summed E-state index contributed by atoms with van der Waals surface area (Å²) in [5, 5.41) is 0. The summed E-state index contributed by atoms with van der Waals surface area (Å²) in [6, 6.07) is 19.5. The molecule has 0 atom stereocenters. The zero-order valence-electron chi connectivity index (χ0n) is 16.3. The number of benzene rings is 2. The first-order valence-corrected chi connectivity index (χ1v) is 10.6. The Morgan fingerprint density at radius 3 is 2.30 bits per heavy atom. The van der Waals surface area contributed by atoms with Gasteiger partial charge in [-0.25, -0.2) is 0 Å². The summed E-state index contributed by atoms with van der Waals surface area (Å²) < 4.78 is 5.99. The predicted molar refractivity (Wildman–Crippen MR) is 114 cm³/mol. The highest BCUT2D eigenvalue weighted by Crippen LogP contribution is 2.38. The third kappa shape index (κ3) is 5.01. The lowest BCUT2D eigenvalue weighted by Crippen LogP contribution is -2.25. The highest BCUT2D eigenvalue weighted by Gasteiger charge is 2.20. The molecule has 0 unspecified atom stereocenters. The Bertz CT molecular complexity index is 723. The number of hydrogen-bond acceptors (Lipinski definition) is 2. The van der Waals surface area contributed by atoms with Crippen LogP contribution in [0.15, 0.2) is 54.6 Å². The van der Waals surface area contributed by atoms with E-state index in [0.717, 1.165) is 18.9 Å². The fraction of sp³-hybridized carbons (Fsp3) is 0.440. The van der Waals surface area contributed by atoms with Gasteiger partial charge in [-0.05, 0) is 73.5 Å². The van der Waals surface area contributed by atoms with Crippen molar-refractivity contribution in [1.82, 2.24) is 4.90 Å². The van der Waals surface area contributed by atoms with Crippen molar-refractivity contribution in [3.05, 3.63) is 65.7 Å². The SMILES string of the molecule is C(=C(/c1ccc(OCCN2CCCC2)cc1)C1CCCC1)/c1ccccc1. The third-order valence-corrected chi connectivity index (χ3v) is 5.98. The molecule has 2 aromatic rings. The van der Waals surface area contributed by atoms with Gasteiger partial charge >= 0.3 is 0 Å². The lowest BCUT2D eigenvalue weighted by atomic mass is 9.89. The molecule has 142 valence electrons. The monoisotopic (exact) mass is 361 g/mol. The van der Waals surface area contributed by atoms with Gasteiger partial charge in [0.25, 0.3) is 0 Å². The Hall–Kier alpha value is -2.06. The van der Waals surface area contributed by atoms with Crippen molar-refractivity contribution in [2.24, 2.45) is 5.92 Å². The minimum atomic E-state index is 0.687. The van der Waals surface area contributed by atoms with Gasteiger partial charge in [0.1, 0.15) is 12.4 Å². The zero-order valence-corrected chi connectivity index (χ0v) is 16.3. The fourth-order valence-corrected chi connectivity index (χ4v) is 4.44. The molecule has 27 heavy (non-hydrogen) atoms. The van der Waals surface area contributed by atoms with Crippen LogP contribution in [-0.2, 0) is 0 Å². The number of nitrogens with zero attached hydrogens (tertiary/aromatic N) is 1. The average molecular weight is 362 g/mol. The summed E-state index contributed by atoms with van der Waals surface area (Å²) in [5.41, 5.74) is 4.13. The van der Waals surface area contributed by atoms with E-state index < -0.39 is 0 Å². The highest BCUT2D eigenvalue weighted by molar-refractivity contribution is 5.83. The van der Waals surface area contributed by atoms with Crippen molar-refractivity contribution < 1.29 is 4.74 Å². The van der Waals surface area contributed by atoms with Crippen molar-refractivity contribution in [3.63, 3.8) is 0 Å². The van der Waals surface area contributed by atoms with Crippen molar-refractivity contribution >= 4 is 11.6 Å². The molecule has 1 aliphatic heterocycles. The van der Waals surface area contributed by atoms with Crippen molar-refractivity contribution in [2.45, 2.75) is 38.5 Å². The van der Waals surface area contributed by atoms with Crippen LogP contribution in [-0.4, -0.2) is 31.1 Å². The van der Waals surface area contributed by atoms with E-state index in [1.165, 1.54) is 68.3 Å². The van der Waals surface area contributed by atoms with Gasteiger partial charge in [0.2, 0.25) is 0 Å². The summed E-state index contributed by atoms with van der Waals surface area (Å²) in [7, 11) is 0. The van der Waals surface area contributed by atoms with Gasteiger partial charge in [-0.1, -0.05) is 61.4 Å². The molecule has 0 radical (unpaired) electrons. The van der Waals surface area contributed by atoms with Crippen LogP contribution in [0.4, 0.5) is 0 Å². The second-order valence-corrected chi connectivity index (χ2v) is 7.91. The van der Waals surface area contributed by atoms with E-state index in [0.29, 0.717) is 5.92 Å². The van der Waals surface area contributed by atoms with Crippen LogP contribution in [0.1, 0.15) is 49.7 Å². The largest absolute Gasteiger partial charge is 0.492 e. The van der Waals surface area contributed by atoms with Crippen molar-refractivity contribution in [2.75, 3.05) is 26.2 Å². The summed E-state index contributed by atoms with van der Waals surface area (Å²) in [5.74, 6) is 1.68. The van der Waals surface area contributed by atoms with Gasteiger partial charge in [-0.15, -0.1) is 0 Å². The highest BCUT2D eigenvalue weighted by atomic mass is 16.5. The molecule has 1 saturated carbocycles. The molecule has 1 saturated heterocycles. The number of allylic oxidation sites excluding steroid dienone is 1. The van der Waals surface area contributed by atoms with Gasteiger partial charge in [-0.2, -0.15) is 0 Å². The lowest BCUT2D eigenvalue weighted by molar-refractivity contribution is 0.238. The van der Waals surface area contributed by atoms with E-state index in [9.17, 15) is 0 Å². The van der Waals surface area contributed by atoms with Crippen LogP contribution in [0.2, 0.25) is 0 Å². The van der Waals surface area contributed by atoms with Crippen LogP contribution in [0.5, 0.6) is 5.75 Å². The number of ether oxygens (including phenoxy) is 1. The molecule has 1 heterocycles. The predicted octanol–water partition coefficient (Wildman–Crippen LogP) is 5.89. The Morgan fingerprint density at radius 1 is 0.889 bits per heavy atom. The van der Waals surface area contributed by atoms with E-state index in [1.54, 1.807) is 0 Å². The first-order valence-electron chi connectivity index (χ1n) is 10.6. The second kappa shape index (κ2) is 9.23. The maximum atomic E-state index is 5.99. The molecule has 4 rings (SSSR count). The van der Waals surface area contributed by atoms with Crippen molar-refractivity contribution in [1.29, 1.82) is 0 Å². The molecule has 2 fully saturated rings. The molecule has 0 N–H and O–H groups in total. The molecular weight excluding hydrogens is 330 g/mol. The smallest absolute Gasteiger partial charge is 0.119 e. The van der Waals surface area contributed by atoms with Gasteiger partial charge in [0.15, 0.2) is 0 Å². The minimum absolute atomic E-state index is 0.687. The quantitative estimate of drug-likeness (QED) is 0.570. The zero-order chi connectivity index (χ0) is 18.3. The first kappa shape index (κ1) is 18.3. The summed E-state index contributed by atoms with van der Waals surface area (Å²) in [4.78, 5) is 2.50. The van der Waals surface area contributed by atoms with Crippen LogP contribution in [0.3, 0.4) is 0 Å². The summed E-state index contributed by atoms with van der Waals surface area (Å²) >= 11 is 0. The Balaban J connectivity index is 1.44. The van der Waals surface area contributed by atoms with Gasteiger partial charge in [-0.3, -0.25) is 4.90 Å². The molecule has 0 bridgehead atoms. The Morgan fingerprint density at radius 2 is 1.59 bits per heavy atom. The Labute approximate surface area is 163 Å². The second-order valence-electron chi connectivity index (χ2n) is 7.91. The molecule has 2 aromatic carbocycles. The summed E-state index contributed by atoms with van der Waals surface area (Å²) in [6.45, 7) is 4.30. The molecule has 2 nitrogen and oxygen atoms in total. The van der Waals surface area contributed by atoms with Crippen molar-refractivity contribution in [3.8, 4) is 5.75 Å². The lowest BCUT2D eigenvalue weighted by Gasteiger charge is -2.17. The molecule has 0 amide bonds. The molecule has 2 heteroatoms. The number of rotatable bonds is 7. The van der Waals surface area contributed by atoms with E-state index in [-0.39, 0.29) is 0 Å².